The molecule has 3 heteroatoms. The minimum Gasteiger partial charge on any atom is -0.347 e. The lowest BCUT2D eigenvalue weighted by atomic mass is 9.59. The van der Waals surface area contributed by atoms with Gasteiger partial charge in [0, 0.05) is 18.3 Å². The fourth-order valence-electron chi connectivity index (χ4n) is 3.85. The maximum Gasteiger partial charge on any atom is 0.174 e. The lowest BCUT2D eigenvalue weighted by Gasteiger charge is -2.53. The van der Waals surface area contributed by atoms with Gasteiger partial charge in [0.2, 0.25) is 0 Å². The monoisotopic (exact) mass is 252 g/mol. The highest BCUT2D eigenvalue weighted by molar-refractivity contribution is 5.49. The Labute approximate surface area is 110 Å². The van der Waals surface area contributed by atoms with E-state index in [0.29, 0.717) is 25.6 Å². The molecule has 0 unspecified atom stereocenters. The predicted octanol–water partition coefficient (Wildman–Crippen LogP) is 3.09. The fraction of sp³-hybridized carbons (Fsp3) is 0.800. The number of aldehydes is 1. The van der Waals surface area contributed by atoms with Crippen molar-refractivity contribution in [2.75, 3.05) is 13.2 Å². The van der Waals surface area contributed by atoms with Crippen LogP contribution in [0.1, 0.15) is 46.0 Å². The summed E-state index contributed by atoms with van der Waals surface area (Å²) in [5, 5.41) is 0. The molecule has 1 heterocycles. The summed E-state index contributed by atoms with van der Waals surface area (Å²) < 4.78 is 12.0. The molecule has 1 spiro atoms. The van der Waals surface area contributed by atoms with Crippen LogP contribution in [-0.4, -0.2) is 25.3 Å². The van der Waals surface area contributed by atoms with E-state index in [1.165, 1.54) is 5.57 Å². The summed E-state index contributed by atoms with van der Waals surface area (Å²) in [5.74, 6) is -0.109. The summed E-state index contributed by atoms with van der Waals surface area (Å²) in [5.41, 5.74) is 1.05. The zero-order valence-corrected chi connectivity index (χ0v) is 11.5. The molecule has 1 aliphatic carbocycles. The molecular weight excluding hydrogens is 228 g/mol. The Morgan fingerprint density at radius 2 is 2.11 bits per heavy atom. The fourth-order valence-corrected chi connectivity index (χ4v) is 3.85. The Morgan fingerprint density at radius 3 is 2.67 bits per heavy atom. The Balaban J connectivity index is 2.32. The third-order valence-electron chi connectivity index (χ3n) is 4.77. The maximum absolute atomic E-state index is 10.8. The van der Waals surface area contributed by atoms with Crippen LogP contribution in [0.15, 0.2) is 12.2 Å². The van der Waals surface area contributed by atoms with Gasteiger partial charge in [0.25, 0.3) is 0 Å². The van der Waals surface area contributed by atoms with Gasteiger partial charge in [-0.2, -0.15) is 0 Å². The van der Waals surface area contributed by atoms with Crippen LogP contribution in [0, 0.1) is 11.3 Å². The smallest absolute Gasteiger partial charge is 0.174 e. The van der Waals surface area contributed by atoms with Crippen molar-refractivity contribution in [1.82, 2.24) is 0 Å². The van der Waals surface area contributed by atoms with Gasteiger partial charge in [-0.25, -0.2) is 0 Å². The van der Waals surface area contributed by atoms with E-state index in [9.17, 15) is 4.79 Å². The molecule has 2 atom stereocenters. The molecular formula is C15H24O3. The molecule has 0 radical (unpaired) electrons. The van der Waals surface area contributed by atoms with Crippen molar-refractivity contribution in [1.29, 1.82) is 0 Å². The van der Waals surface area contributed by atoms with Crippen molar-refractivity contribution in [2.45, 2.75) is 51.7 Å². The molecule has 2 fully saturated rings. The summed E-state index contributed by atoms with van der Waals surface area (Å²) in [6, 6.07) is 0. The first-order chi connectivity index (χ1) is 8.56. The Morgan fingerprint density at radius 1 is 1.44 bits per heavy atom. The Kier molecular flexibility index (Phi) is 3.93. The SMILES string of the molecule is C=C(C)[C@H]1CCCC2(OCCO2)[C@]1(C)CCC=O. The third kappa shape index (κ3) is 2.04. The van der Waals surface area contributed by atoms with Crippen LogP contribution in [-0.2, 0) is 14.3 Å². The first-order valence-electron chi connectivity index (χ1n) is 6.93. The standard InChI is InChI=1S/C15H24O3/c1-12(2)13-6-4-8-15(17-10-11-18-15)14(13,3)7-5-9-16/h9,13H,1,4-8,10-11H2,2-3H3/t13-,14-/m1/s1. The molecule has 0 N–H and O–H groups in total. The molecule has 0 aromatic carbocycles. The highest BCUT2D eigenvalue weighted by Crippen LogP contribution is 2.56. The van der Waals surface area contributed by atoms with Crippen LogP contribution in [0.3, 0.4) is 0 Å². The van der Waals surface area contributed by atoms with E-state index in [1.54, 1.807) is 0 Å². The van der Waals surface area contributed by atoms with E-state index in [2.05, 4.69) is 20.4 Å². The quantitative estimate of drug-likeness (QED) is 0.569. The van der Waals surface area contributed by atoms with E-state index in [1.807, 2.05) is 0 Å². The number of hydrogen-bond donors (Lipinski definition) is 0. The molecule has 0 aromatic heterocycles. The molecule has 3 nitrogen and oxygen atoms in total. The molecule has 2 aliphatic rings. The molecule has 1 saturated carbocycles. The summed E-state index contributed by atoms with van der Waals surface area (Å²) in [6.07, 6.45) is 5.54. The van der Waals surface area contributed by atoms with Crippen LogP contribution < -0.4 is 0 Å². The lowest BCUT2D eigenvalue weighted by Crippen LogP contribution is -2.54. The van der Waals surface area contributed by atoms with E-state index in [4.69, 9.17) is 9.47 Å². The number of ether oxygens (including phenoxy) is 2. The van der Waals surface area contributed by atoms with E-state index < -0.39 is 5.79 Å². The zero-order valence-electron chi connectivity index (χ0n) is 11.5. The summed E-state index contributed by atoms with van der Waals surface area (Å²) in [7, 11) is 0. The van der Waals surface area contributed by atoms with Crippen LogP contribution in [0.5, 0.6) is 0 Å². The first-order valence-corrected chi connectivity index (χ1v) is 6.93. The van der Waals surface area contributed by atoms with Crippen molar-refractivity contribution < 1.29 is 14.3 Å². The van der Waals surface area contributed by atoms with Gasteiger partial charge in [0.15, 0.2) is 5.79 Å². The van der Waals surface area contributed by atoms with Crippen molar-refractivity contribution >= 4 is 6.29 Å². The second-order valence-electron chi connectivity index (χ2n) is 5.86. The number of hydrogen-bond acceptors (Lipinski definition) is 3. The Bertz CT molecular complexity index is 331. The molecule has 18 heavy (non-hydrogen) atoms. The predicted molar refractivity (Wildman–Crippen MR) is 70.2 cm³/mol. The minimum absolute atomic E-state index is 0.130. The topological polar surface area (TPSA) is 35.5 Å². The third-order valence-corrected chi connectivity index (χ3v) is 4.77. The Hall–Kier alpha value is -0.670. The molecule has 0 aromatic rings. The number of carbonyl (C=O) groups is 1. The van der Waals surface area contributed by atoms with Crippen LogP contribution in [0.2, 0.25) is 0 Å². The van der Waals surface area contributed by atoms with Crippen molar-refractivity contribution in [3.63, 3.8) is 0 Å². The van der Waals surface area contributed by atoms with E-state index in [0.717, 1.165) is 32.0 Å². The normalized spacial score (nSPS) is 34.7. The lowest BCUT2D eigenvalue weighted by molar-refractivity contribution is -0.265. The van der Waals surface area contributed by atoms with E-state index in [-0.39, 0.29) is 5.41 Å². The zero-order chi connectivity index (χ0) is 13.2. The van der Waals surface area contributed by atoms with Crippen molar-refractivity contribution in [3.05, 3.63) is 12.2 Å². The van der Waals surface area contributed by atoms with Gasteiger partial charge in [-0.05, 0) is 32.1 Å². The minimum atomic E-state index is -0.488. The number of allylic oxidation sites excluding steroid dienone is 1. The summed E-state index contributed by atoms with van der Waals surface area (Å²) >= 11 is 0. The second-order valence-corrected chi connectivity index (χ2v) is 5.86. The highest BCUT2D eigenvalue weighted by atomic mass is 16.7. The van der Waals surface area contributed by atoms with Gasteiger partial charge in [0.05, 0.1) is 13.2 Å². The van der Waals surface area contributed by atoms with Gasteiger partial charge in [-0.15, -0.1) is 0 Å². The van der Waals surface area contributed by atoms with Crippen molar-refractivity contribution in [3.8, 4) is 0 Å². The highest BCUT2D eigenvalue weighted by Gasteiger charge is 2.58. The number of carbonyl (C=O) groups excluding carboxylic acids is 1. The summed E-state index contributed by atoms with van der Waals surface area (Å²) in [6.45, 7) is 9.76. The van der Waals surface area contributed by atoms with Gasteiger partial charge < -0.3 is 14.3 Å². The van der Waals surface area contributed by atoms with Crippen molar-refractivity contribution in [2.24, 2.45) is 11.3 Å². The molecule has 102 valence electrons. The van der Waals surface area contributed by atoms with Crippen LogP contribution in [0.4, 0.5) is 0 Å². The molecule has 1 saturated heterocycles. The van der Waals surface area contributed by atoms with Crippen LogP contribution in [0.25, 0.3) is 0 Å². The van der Waals surface area contributed by atoms with Gasteiger partial charge in [0.1, 0.15) is 6.29 Å². The first kappa shape index (κ1) is 13.8. The average molecular weight is 252 g/mol. The largest absolute Gasteiger partial charge is 0.347 e. The molecule has 2 rings (SSSR count). The summed E-state index contributed by atoms with van der Waals surface area (Å²) in [4.78, 5) is 10.8. The molecule has 0 bridgehead atoms. The average Bonchev–Trinajstić information content (AvgIpc) is 2.80. The maximum atomic E-state index is 10.8. The van der Waals surface area contributed by atoms with E-state index >= 15 is 0 Å². The van der Waals surface area contributed by atoms with Gasteiger partial charge in [-0.1, -0.05) is 19.1 Å². The second kappa shape index (κ2) is 5.14. The molecule has 1 aliphatic heterocycles. The van der Waals surface area contributed by atoms with Crippen LogP contribution >= 0.6 is 0 Å². The van der Waals surface area contributed by atoms with Gasteiger partial charge in [-0.3, -0.25) is 0 Å². The van der Waals surface area contributed by atoms with Gasteiger partial charge >= 0.3 is 0 Å². The number of rotatable bonds is 4. The molecule has 0 amide bonds.